The number of hydrogen-bond donors (Lipinski definition) is 1. The van der Waals surface area contributed by atoms with Crippen LogP contribution < -0.4 is 5.32 Å². The highest BCUT2D eigenvalue weighted by Gasteiger charge is 2.43. The van der Waals surface area contributed by atoms with E-state index in [0.29, 0.717) is 18.2 Å². The summed E-state index contributed by atoms with van der Waals surface area (Å²) in [4.78, 5) is 10.5. The van der Waals surface area contributed by atoms with Crippen LogP contribution in [0.4, 0.5) is 0 Å². The lowest BCUT2D eigenvalue weighted by Gasteiger charge is -2.02. The van der Waals surface area contributed by atoms with Gasteiger partial charge < -0.3 is 10.1 Å². The maximum atomic E-state index is 10.5. The standard InChI is InChI=1S/C12H21NO2/c1-9(7-8-15-10(2)14)5-6-11-12(3,4)13-11/h7,11,13H,5-6,8H2,1-4H3/b9-7+/t11-/m1/s1. The number of rotatable bonds is 5. The molecule has 0 unspecified atom stereocenters. The Kier molecular flexibility index (Phi) is 3.91. The largest absolute Gasteiger partial charge is 0.462 e. The first-order valence-electron chi connectivity index (χ1n) is 5.48. The predicted octanol–water partition coefficient (Wildman–Crippen LogP) is 2.03. The van der Waals surface area contributed by atoms with Gasteiger partial charge in [0.1, 0.15) is 6.61 Å². The van der Waals surface area contributed by atoms with Crippen molar-refractivity contribution in [3.63, 3.8) is 0 Å². The Labute approximate surface area is 91.9 Å². The quantitative estimate of drug-likeness (QED) is 0.430. The van der Waals surface area contributed by atoms with E-state index in [0.717, 1.165) is 12.8 Å². The lowest BCUT2D eigenvalue weighted by atomic mass is 10.0. The van der Waals surface area contributed by atoms with Crippen LogP contribution in [-0.4, -0.2) is 24.2 Å². The molecule has 0 radical (unpaired) electrons. The van der Waals surface area contributed by atoms with E-state index in [4.69, 9.17) is 4.74 Å². The second-order valence-electron chi connectivity index (χ2n) is 4.81. The van der Waals surface area contributed by atoms with Gasteiger partial charge in [0.25, 0.3) is 0 Å². The molecular weight excluding hydrogens is 190 g/mol. The molecule has 3 nitrogen and oxygen atoms in total. The summed E-state index contributed by atoms with van der Waals surface area (Å²) in [5.41, 5.74) is 1.62. The van der Waals surface area contributed by atoms with Crippen molar-refractivity contribution in [3.05, 3.63) is 11.6 Å². The monoisotopic (exact) mass is 211 g/mol. The second kappa shape index (κ2) is 4.79. The smallest absolute Gasteiger partial charge is 0.302 e. The maximum Gasteiger partial charge on any atom is 0.302 e. The zero-order valence-electron chi connectivity index (χ0n) is 10.1. The van der Waals surface area contributed by atoms with Gasteiger partial charge in [0.15, 0.2) is 0 Å². The van der Waals surface area contributed by atoms with E-state index in [1.54, 1.807) is 0 Å². The maximum absolute atomic E-state index is 10.5. The zero-order valence-corrected chi connectivity index (χ0v) is 10.1. The van der Waals surface area contributed by atoms with Crippen LogP contribution in [0.5, 0.6) is 0 Å². The Morgan fingerprint density at radius 1 is 1.47 bits per heavy atom. The first-order chi connectivity index (χ1) is 6.92. The van der Waals surface area contributed by atoms with Gasteiger partial charge in [-0.1, -0.05) is 5.57 Å². The van der Waals surface area contributed by atoms with Crippen molar-refractivity contribution in [2.24, 2.45) is 0 Å². The summed E-state index contributed by atoms with van der Waals surface area (Å²) in [5.74, 6) is -0.218. The number of carbonyl (C=O) groups excluding carboxylic acids is 1. The topological polar surface area (TPSA) is 48.2 Å². The van der Waals surface area contributed by atoms with E-state index in [1.165, 1.54) is 12.5 Å². The van der Waals surface area contributed by atoms with Crippen LogP contribution >= 0.6 is 0 Å². The van der Waals surface area contributed by atoms with Crippen LogP contribution in [0, 0.1) is 0 Å². The minimum atomic E-state index is -0.218. The van der Waals surface area contributed by atoms with Crippen molar-refractivity contribution in [1.82, 2.24) is 5.32 Å². The van der Waals surface area contributed by atoms with Crippen molar-refractivity contribution >= 4 is 5.97 Å². The van der Waals surface area contributed by atoms with Crippen molar-refractivity contribution in [2.45, 2.75) is 52.1 Å². The van der Waals surface area contributed by atoms with E-state index < -0.39 is 0 Å². The molecule has 0 bridgehead atoms. The van der Waals surface area contributed by atoms with Crippen LogP contribution in [0.25, 0.3) is 0 Å². The summed E-state index contributed by atoms with van der Waals surface area (Å²) in [7, 11) is 0. The molecule has 0 aromatic carbocycles. The third-order valence-electron chi connectivity index (χ3n) is 2.88. The van der Waals surface area contributed by atoms with Gasteiger partial charge in [0, 0.05) is 18.5 Å². The number of hydrogen-bond acceptors (Lipinski definition) is 3. The molecule has 1 aliphatic heterocycles. The minimum Gasteiger partial charge on any atom is -0.462 e. The van der Waals surface area contributed by atoms with Gasteiger partial charge >= 0.3 is 5.97 Å². The lowest BCUT2D eigenvalue weighted by Crippen LogP contribution is -2.03. The Morgan fingerprint density at radius 2 is 2.07 bits per heavy atom. The van der Waals surface area contributed by atoms with Crippen LogP contribution in [0.1, 0.15) is 40.5 Å². The number of ether oxygens (including phenoxy) is 1. The minimum absolute atomic E-state index is 0.218. The first kappa shape index (κ1) is 12.2. The summed E-state index contributed by atoms with van der Waals surface area (Å²) in [5, 5.41) is 3.43. The molecule has 0 aliphatic carbocycles. The molecule has 0 amide bonds. The molecule has 1 fully saturated rings. The lowest BCUT2D eigenvalue weighted by molar-refractivity contribution is -0.139. The fraction of sp³-hybridized carbons (Fsp3) is 0.750. The summed E-state index contributed by atoms with van der Waals surface area (Å²) < 4.78 is 4.84. The molecule has 0 aromatic rings. The molecular formula is C12H21NO2. The third kappa shape index (κ3) is 4.47. The van der Waals surface area contributed by atoms with E-state index in [2.05, 4.69) is 26.1 Å². The van der Waals surface area contributed by atoms with Crippen LogP contribution in [0.15, 0.2) is 11.6 Å². The average molecular weight is 211 g/mol. The van der Waals surface area contributed by atoms with Gasteiger partial charge in [-0.15, -0.1) is 0 Å². The Hall–Kier alpha value is -0.830. The molecule has 0 saturated carbocycles. The Bertz CT molecular complexity index is 269. The average Bonchev–Trinajstić information content (AvgIpc) is 2.70. The second-order valence-corrected chi connectivity index (χ2v) is 4.81. The van der Waals surface area contributed by atoms with Crippen LogP contribution in [0.3, 0.4) is 0 Å². The normalized spacial score (nSPS) is 23.7. The van der Waals surface area contributed by atoms with Gasteiger partial charge in [-0.3, -0.25) is 4.79 Å². The highest BCUT2D eigenvalue weighted by atomic mass is 16.5. The summed E-state index contributed by atoms with van der Waals surface area (Å²) in [6, 6.07) is 0.648. The number of allylic oxidation sites excluding steroid dienone is 1. The summed E-state index contributed by atoms with van der Waals surface area (Å²) in [6.45, 7) is 8.35. The van der Waals surface area contributed by atoms with E-state index in [1.807, 2.05) is 6.08 Å². The zero-order chi connectivity index (χ0) is 11.5. The number of nitrogens with one attached hydrogen (secondary N) is 1. The van der Waals surface area contributed by atoms with E-state index in [-0.39, 0.29) is 5.97 Å². The summed E-state index contributed by atoms with van der Waals surface area (Å²) >= 11 is 0. The van der Waals surface area contributed by atoms with Gasteiger partial charge in [-0.05, 0) is 39.7 Å². The van der Waals surface area contributed by atoms with Crippen molar-refractivity contribution in [1.29, 1.82) is 0 Å². The fourth-order valence-electron chi connectivity index (χ4n) is 1.62. The van der Waals surface area contributed by atoms with Gasteiger partial charge in [0.05, 0.1) is 0 Å². The Morgan fingerprint density at radius 3 is 2.53 bits per heavy atom. The molecule has 3 heteroatoms. The number of esters is 1. The number of carbonyl (C=O) groups is 1. The highest BCUT2D eigenvalue weighted by Crippen LogP contribution is 2.29. The molecule has 86 valence electrons. The first-order valence-corrected chi connectivity index (χ1v) is 5.48. The molecule has 1 heterocycles. The van der Waals surface area contributed by atoms with Crippen molar-refractivity contribution in [2.75, 3.05) is 6.61 Å². The van der Waals surface area contributed by atoms with Gasteiger partial charge in [-0.25, -0.2) is 0 Å². The molecule has 0 spiro atoms. The molecule has 0 aromatic heterocycles. The molecule has 1 N–H and O–H groups in total. The van der Waals surface area contributed by atoms with E-state index >= 15 is 0 Å². The van der Waals surface area contributed by atoms with Crippen LogP contribution in [0.2, 0.25) is 0 Å². The molecule has 1 atom stereocenters. The van der Waals surface area contributed by atoms with Crippen LogP contribution in [-0.2, 0) is 9.53 Å². The molecule has 1 aliphatic rings. The summed E-state index contributed by atoms with van der Waals surface area (Å²) in [6.07, 6.45) is 4.22. The molecule has 1 rings (SSSR count). The molecule has 1 saturated heterocycles. The fourth-order valence-corrected chi connectivity index (χ4v) is 1.62. The highest BCUT2D eigenvalue weighted by molar-refractivity contribution is 5.66. The van der Waals surface area contributed by atoms with Gasteiger partial charge in [0.2, 0.25) is 0 Å². The third-order valence-corrected chi connectivity index (χ3v) is 2.88. The predicted molar refractivity (Wildman–Crippen MR) is 60.6 cm³/mol. The molecule has 15 heavy (non-hydrogen) atoms. The van der Waals surface area contributed by atoms with Crippen molar-refractivity contribution in [3.8, 4) is 0 Å². The Balaban J connectivity index is 2.13. The van der Waals surface area contributed by atoms with Gasteiger partial charge in [-0.2, -0.15) is 0 Å². The van der Waals surface area contributed by atoms with E-state index in [9.17, 15) is 4.79 Å². The van der Waals surface area contributed by atoms with Crippen molar-refractivity contribution < 1.29 is 9.53 Å². The SMILES string of the molecule is CC(=O)OC/C=C(\C)CC[C@H]1NC1(C)C.